The predicted molar refractivity (Wildman–Crippen MR) is 86.0 cm³/mol. The molecule has 3 N–H and O–H groups in total. The van der Waals surface area contributed by atoms with Crippen molar-refractivity contribution in [2.24, 2.45) is 5.92 Å². The maximum atomic E-state index is 11.9. The average molecular weight is 366 g/mol. The Morgan fingerprint density at radius 2 is 2.08 bits per heavy atom. The van der Waals surface area contributed by atoms with Crippen molar-refractivity contribution in [3.05, 3.63) is 0 Å². The van der Waals surface area contributed by atoms with Crippen LogP contribution in [0.4, 0.5) is 0 Å². The third-order valence-corrected chi connectivity index (χ3v) is 4.79. The molecule has 1 aliphatic rings. The summed E-state index contributed by atoms with van der Waals surface area (Å²) in [6, 6.07) is -1.09. The second-order valence-corrected chi connectivity index (χ2v) is 7.85. The Kier molecular flexibility index (Phi) is 8.60. The van der Waals surface area contributed by atoms with E-state index in [2.05, 4.69) is 10.0 Å². The van der Waals surface area contributed by atoms with Crippen LogP contribution in [0.1, 0.15) is 26.7 Å². The number of carboxylic acid groups (broad SMARTS) is 1. The summed E-state index contributed by atoms with van der Waals surface area (Å²) in [5.74, 6) is -2.44. The number of hydrogen-bond donors (Lipinski definition) is 3. The molecule has 2 unspecified atom stereocenters. The van der Waals surface area contributed by atoms with Crippen molar-refractivity contribution in [3.63, 3.8) is 0 Å². The molecule has 0 aromatic rings. The number of carbonyl (C=O) groups is 2. The molecule has 24 heavy (non-hydrogen) atoms. The minimum atomic E-state index is -3.66. The van der Waals surface area contributed by atoms with Gasteiger partial charge in [0.25, 0.3) is 0 Å². The van der Waals surface area contributed by atoms with E-state index in [1.807, 2.05) is 0 Å². The summed E-state index contributed by atoms with van der Waals surface area (Å²) in [6.07, 6.45) is 1.28. The van der Waals surface area contributed by atoms with Gasteiger partial charge in [0, 0.05) is 12.5 Å². The van der Waals surface area contributed by atoms with Crippen LogP contribution in [-0.4, -0.2) is 69.7 Å². The summed E-state index contributed by atoms with van der Waals surface area (Å²) in [6.45, 7) is 3.92. The number of nitrogens with one attached hydrogen (secondary N) is 2. The van der Waals surface area contributed by atoms with Crippen molar-refractivity contribution in [2.45, 2.75) is 38.8 Å². The van der Waals surface area contributed by atoms with Crippen LogP contribution in [0.3, 0.4) is 0 Å². The lowest BCUT2D eigenvalue weighted by Gasteiger charge is -2.28. The maximum Gasteiger partial charge on any atom is 0.326 e. The zero-order chi connectivity index (χ0) is 18.2. The molecule has 0 aromatic heterocycles. The quantitative estimate of drug-likeness (QED) is 0.467. The van der Waals surface area contributed by atoms with Gasteiger partial charge >= 0.3 is 5.97 Å². The van der Waals surface area contributed by atoms with Gasteiger partial charge < -0.3 is 19.9 Å². The van der Waals surface area contributed by atoms with Crippen LogP contribution < -0.4 is 10.0 Å². The lowest BCUT2D eigenvalue weighted by Crippen LogP contribution is -2.51. The van der Waals surface area contributed by atoms with Crippen molar-refractivity contribution >= 4 is 21.9 Å². The molecular weight excluding hydrogens is 340 g/mol. The molecular formula is C14H26N2O7S. The van der Waals surface area contributed by atoms with Crippen LogP contribution in [0, 0.1) is 5.92 Å². The normalized spacial score (nSPS) is 19.9. The van der Waals surface area contributed by atoms with Crippen molar-refractivity contribution in [1.29, 1.82) is 0 Å². The monoisotopic (exact) mass is 366 g/mol. The van der Waals surface area contributed by atoms with E-state index < -0.39 is 34.5 Å². The molecule has 1 saturated heterocycles. The molecule has 0 aromatic carbocycles. The largest absolute Gasteiger partial charge is 0.480 e. The van der Waals surface area contributed by atoms with Crippen LogP contribution in [0.2, 0.25) is 0 Å². The van der Waals surface area contributed by atoms with Gasteiger partial charge in [0.15, 0.2) is 0 Å². The number of rotatable bonds is 10. The third kappa shape index (κ3) is 8.04. The molecule has 0 bridgehead atoms. The number of sulfonamides is 1. The van der Waals surface area contributed by atoms with Crippen LogP contribution in [0.15, 0.2) is 0 Å². The fraction of sp³-hybridized carbons (Fsp3) is 0.857. The predicted octanol–water partition coefficient (Wildman–Crippen LogP) is -0.673. The Bertz CT molecular complexity index is 515. The van der Waals surface area contributed by atoms with Gasteiger partial charge in [-0.1, -0.05) is 0 Å². The first-order valence-corrected chi connectivity index (χ1v) is 9.55. The van der Waals surface area contributed by atoms with E-state index in [1.54, 1.807) is 13.8 Å². The Hall–Kier alpha value is -1.23. The Morgan fingerprint density at radius 1 is 1.38 bits per heavy atom. The maximum absolute atomic E-state index is 11.9. The van der Waals surface area contributed by atoms with Gasteiger partial charge in [-0.3, -0.25) is 4.79 Å². The SMILES string of the molecule is CC(C)OCCS(=O)(=O)NCC(=O)NC(C(=O)O)C1CCCOC1. The van der Waals surface area contributed by atoms with E-state index in [0.717, 1.165) is 6.42 Å². The summed E-state index contributed by atoms with van der Waals surface area (Å²) in [4.78, 5) is 23.2. The van der Waals surface area contributed by atoms with E-state index in [4.69, 9.17) is 9.47 Å². The topological polar surface area (TPSA) is 131 Å². The van der Waals surface area contributed by atoms with Gasteiger partial charge in [0.1, 0.15) is 6.04 Å². The Morgan fingerprint density at radius 3 is 2.62 bits per heavy atom. The van der Waals surface area contributed by atoms with Crippen LogP contribution >= 0.6 is 0 Å². The Labute approximate surface area is 142 Å². The van der Waals surface area contributed by atoms with Gasteiger partial charge in [-0.2, -0.15) is 0 Å². The van der Waals surface area contributed by atoms with E-state index in [0.29, 0.717) is 13.0 Å². The number of amides is 1. The highest BCUT2D eigenvalue weighted by Gasteiger charge is 2.31. The fourth-order valence-corrected chi connectivity index (χ4v) is 3.09. The average Bonchev–Trinajstić information content (AvgIpc) is 2.50. The molecule has 1 amide bonds. The Balaban J connectivity index is 2.43. The summed E-state index contributed by atoms with van der Waals surface area (Å²) in [7, 11) is -3.66. The molecule has 0 saturated carbocycles. The first-order chi connectivity index (χ1) is 11.2. The first kappa shape index (κ1) is 20.8. The molecule has 9 nitrogen and oxygen atoms in total. The van der Waals surface area contributed by atoms with Gasteiger partial charge in [0.2, 0.25) is 15.9 Å². The van der Waals surface area contributed by atoms with Gasteiger partial charge in [0.05, 0.1) is 31.6 Å². The molecule has 140 valence electrons. The second kappa shape index (κ2) is 9.92. The highest BCUT2D eigenvalue weighted by molar-refractivity contribution is 7.89. The molecule has 1 rings (SSSR count). The number of ether oxygens (including phenoxy) is 2. The number of aliphatic carboxylic acids is 1. The smallest absolute Gasteiger partial charge is 0.326 e. The molecule has 1 aliphatic heterocycles. The lowest BCUT2D eigenvalue weighted by atomic mass is 9.93. The molecule has 0 spiro atoms. The number of carbonyl (C=O) groups excluding carboxylic acids is 1. The van der Waals surface area contributed by atoms with E-state index >= 15 is 0 Å². The molecule has 0 aliphatic carbocycles. The zero-order valence-electron chi connectivity index (χ0n) is 14.0. The number of carboxylic acids is 1. The van der Waals surface area contributed by atoms with Crippen LogP contribution in [0.5, 0.6) is 0 Å². The van der Waals surface area contributed by atoms with Gasteiger partial charge in [-0.15, -0.1) is 0 Å². The van der Waals surface area contributed by atoms with Crippen LogP contribution in [-0.2, 0) is 29.1 Å². The summed E-state index contributed by atoms with van der Waals surface area (Å²) >= 11 is 0. The van der Waals surface area contributed by atoms with E-state index in [-0.39, 0.29) is 31.0 Å². The molecule has 1 heterocycles. The van der Waals surface area contributed by atoms with Gasteiger partial charge in [-0.25, -0.2) is 17.9 Å². The third-order valence-electron chi connectivity index (χ3n) is 3.51. The van der Waals surface area contributed by atoms with Crippen molar-refractivity contribution < 1.29 is 32.6 Å². The number of hydrogen-bond acceptors (Lipinski definition) is 6. The summed E-state index contributed by atoms with van der Waals surface area (Å²) in [5, 5.41) is 11.6. The van der Waals surface area contributed by atoms with Crippen molar-refractivity contribution in [2.75, 3.05) is 32.1 Å². The highest BCUT2D eigenvalue weighted by atomic mass is 32.2. The highest BCUT2D eigenvalue weighted by Crippen LogP contribution is 2.17. The zero-order valence-corrected chi connectivity index (χ0v) is 14.8. The van der Waals surface area contributed by atoms with Crippen molar-refractivity contribution in [3.8, 4) is 0 Å². The molecule has 2 atom stereocenters. The first-order valence-electron chi connectivity index (χ1n) is 7.90. The molecule has 1 fully saturated rings. The van der Waals surface area contributed by atoms with Crippen molar-refractivity contribution in [1.82, 2.24) is 10.0 Å². The van der Waals surface area contributed by atoms with E-state index in [9.17, 15) is 23.1 Å². The summed E-state index contributed by atoms with van der Waals surface area (Å²) in [5.41, 5.74) is 0. The standard InChI is InChI=1S/C14H26N2O7S/c1-10(2)23-6-7-24(20,21)15-8-12(17)16-13(14(18)19)11-4-3-5-22-9-11/h10-11,13,15H,3-9H2,1-2H3,(H,16,17)(H,18,19). The summed E-state index contributed by atoms with van der Waals surface area (Å²) < 4.78 is 36.0. The molecule has 10 heteroatoms. The minimum absolute atomic E-state index is 0.0196. The molecule has 0 radical (unpaired) electrons. The second-order valence-electron chi connectivity index (χ2n) is 5.92. The van der Waals surface area contributed by atoms with Crippen LogP contribution in [0.25, 0.3) is 0 Å². The minimum Gasteiger partial charge on any atom is -0.480 e. The van der Waals surface area contributed by atoms with Gasteiger partial charge in [-0.05, 0) is 26.7 Å². The fourth-order valence-electron chi connectivity index (χ4n) is 2.28. The lowest BCUT2D eigenvalue weighted by molar-refractivity contribution is -0.145. The van der Waals surface area contributed by atoms with E-state index in [1.165, 1.54) is 0 Å².